The predicted molar refractivity (Wildman–Crippen MR) is 143 cm³/mol. The van der Waals surface area contributed by atoms with Crippen molar-refractivity contribution in [3.8, 4) is 5.69 Å². The van der Waals surface area contributed by atoms with E-state index in [2.05, 4.69) is 4.90 Å². The van der Waals surface area contributed by atoms with Gasteiger partial charge in [0.2, 0.25) is 0 Å². The first-order valence-electron chi connectivity index (χ1n) is 11.1. The summed E-state index contributed by atoms with van der Waals surface area (Å²) in [5.74, 6) is -0.254. The molecule has 1 saturated heterocycles. The molecule has 2 heterocycles. The fourth-order valence-electron chi connectivity index (χ4n) is 4.21. The Balaban J connectivity index is 0.00000361. The maximum Gasteiger partial charge on any atom is 0.296 e. The molecule has 3 aromatic rings. The lowest BCUT2D eigenvalue weighted by atomic mass is 10.2. The molecule has 36 heavy (non-hydrogen) atoms. The zero-order valence-electron chi connectivity index (χ0n) is 20.5. The van der Waals surface area contributed by atoms with Gasteiger partial charge in [-0.3, -0.25) is 18.6 Å². The Morgan fingerprint density at radius 2 is 1.61 bits per heavy atom. The third-order valence-electron chi connectivity index (χ3n) is 6.45. The predicted octanol–water partition coefficient (Wildman–Crippen LogP) is 2.77. The Hall–Kier alpha value is -2.79. The second kappa shape index (κ2) is 10.7. The highest BCUT2D eigenvalue weighted by Gasteiger charge is 2.31. The summed E-state index contributed by atoms with van der Waals surface area (Å²) in [6.45, 7) is 4.28. The SMILES string of the molecule is Cc1c(N(C)S(=O)(=O)c2cc(C(=O)N3CCN(C)CC3)ccc2Cl)c(=O)n(-c2ccccc2)n1C.Cl. The highest BCUT2D eigenvalue weighted by molar-refractivity contribution is 7.93. The summed E-state index contributed by atoms with van der Waals surface area (Å²) in [5.41, 5.74) is 0.826. The third-order valence-corrected chi connectivity index (χ3v) is 8.68. The number of para-hydroxylation sites is 1. The number of hydrogen-bond donors (Lipinski definition) is 0. The number of benzene rings is 2. The maximum atomic E-state index is 13.7. The number of sulfonamides is 1. The van der Waals surface area contributed by atoms with Crippen molar-refractivity contribution in [3.05, 3.63) is 75.2 Å². The van der Waals surface area contributed by atoms with Gasteiger partial charge in [-0.15, -0.1) is 12.4 Å². The largest absolute Gasteiger partial charge is 0.336 e. The molecule has 1 aliphatic rings. The molecular weight excluding hydrogens is 525 g/mol. The zero-order valence-corrected chi connectivity index (χ0v) is 22.9. The molecular formula is C24H29Cl2N5O4S. The zero-order chi connectivity index (χ0) is 25.5. The Bertz CT molecular complexity index is 1430. The van der Waals surface area contributed by atoms with E-state index < -0.39 is 15.6 Å². The maximum absolute atomic E-state index is 13.7. The molecule has 1 amide bonds. The number of anilines is 1. The molecule has 0 aliphatic carbocycles. The smallest absolute Gasteiger partial charge is 0.296 e. The van der Waals surface area contributed by atoms with Gasteiger partial charge in [0.1, 0.15) is 10.6 Å². The van der Waals surface area contributed by atoms with Gasteiger partial charge in [0.25, 0.3) is 21.5 Å². The monoisotopic (exact) mass is 553 g/mol. The van der Waals surface area contributed by atoms with Gasteiger partial charge < -0.3 is 9.80 Å². The first-order valence-corrected chi connectivity index (χ1v) is 13.0. The van der Waals surface area contributed by atoms with Crippen LogP contribution >= 0.6 is 24.0 Å². The van der Waals surface area contributed by atoms with Crippen LogP contribution in [0.15, 0.2) is 58.2 Å². The summed E-state index contributed by atoms with van der Waals surface area (Å²) < 4.78 is 31.3. The van der Waals surface area contributed by atoms with E-state index in [1.165, 1.54) is 29.9 Å². The van der Waals surface area contributed by atoms with Crippen LogP contribution in [-0.2, 0) is 17.1 Å². The van der Waals surface area contributed by atoms with E-state index in [9.17, 15) is 18.0 Å². The summed E-state index contributed by atoms with van der Waals surface area (Å²) in [4.78, 5) is 30.0. The lowest BCUT2D eigenvalue weighted by Gasteiger charge is -2.32. The Morgan fingerprint density at radius 3 is 2.22 bits per heavy atom. The average Bonchev–Trinajstić information content (AvgIpc) is 3.07. The number of likely N-dealkylation sites (N-methyl/N-ethyl adjacent to an activating group) is 1. The minimum Gasteiger partial charge on any atom is -0.336 e. The summed E-state index contributed by atoms with van der Waals surface area (Å²) in [6, 6.07) is 13.2. The number of halogens is 2. The molecule has 4 rings (SSSR count). The summed E-state index contributed by atoms with van der Waals surface area (Å²) in [5, 5.41) is -0.0243. The number of hydrogen-bond acceptors (Lipinski definition) is 5. The van der Waals surface area contributed by atoms with Gasteiger partial charge in [-0.2, -0.15) is 0 Å². The molecule has 1 aliphatic heterocycles. The van der Waals surface area contributed by atoms with Crippen LogP contribution < -0.4 is 9.86 Å². The van der Waals surface area contributed by atoms with Crippen LogP contribution in [0.2, 0.25) is 5.02 Å². The van der Waals surface area contributed by atoms with Crippen LogP contribution in [0.3, 0.4) is 0 Å². The van der Waals surface area contributed by atoms with Crippen molar-refractivity contribution in [3.63, 3.8) is 0 Å². The average molecular weight is 555 g/mol. The molecule has 0 bridgehead atoms. The van der Waals surface area contributed by atoms with Gasteiger partial charge >= 0.3 is 0 Å². The Labute approximate surface area is 221 Å². The van der Waals surface area contributed by atoms with Crippen LogP contribution in [0, 0.1) is 6.92 Å². The quantitative estimate of drug-likeness (QED) is 0.484. The number of piperazine rings is 1. The number of aromatic nitrogens is 2. The van der Waals surface area contributed by atoms with Gasteiger partial charge in [-0.05, 0) is 44.3 Å². The van der Waals surface area contributed by atoms with Crippen LogP contribution in [0.1, 0.15) is 16.1 Å². The molecule has 1 aromatic heterocycles. The topological polar surface area (TPSA) is 87.9 Å². The molecule has 2 aromatic carbocycles. The number of nitrogens with zero attached hydrogens (tertiary/aromatic N) is 5. The fraction of sp³-hybridized carbons (Fsp3) is 0.333. The van der Waals surface area contributed by atoms with Gasteiger partial charge in [-0.25, -0.2) is 13.1 Å². The van der Waals surface area contributed by atoms with Crippen molar-refractivity contribution < 1.29 is 13.2 Å². The molecule has 0 atom stereocenters. The van der Waals surface area contributed by atoms with Crippen molar-refractivity contribution >= 4 is 45.6 Å². The first-order chi connectivity index (χ1) is 16.5. The molecule has 0 radical (unpaired) electrons. The van der Waals surface area contributed by atoms with Gasteiger partial charge in [0.15, 0.2) is 0 Å². The number of rotatable bonds is 5. The van der Waals surface area contributed by atoms with Crippen LogP contribution in [0.25, 0.3) is 5.69 Å². The lowest BCUT2D eigenvalue weighted by Crippen LogP contribution is -2.47. The third kappa shape index (κ3) is 4.90. The number of carbonyl (C=O) groups is 1. The molecule has 9 nitrogen and oxygen atoms in total. The highest BCUT2D eigenvalue weighted by atomic mass is 35.5. The molecule has 0 N–H and O–H groups in total. The minimum atomic E-state index is -4.25. The van der Waals surface area contributed by atoms with Crippen molar-refractivity contribution in [2.45, 2.75) is 11.8 Å². The first kappa shape index (κ1) is 27.8. The number of amides is 1. The molecule has 0 spiro atoms. The van der Waals surface area contributed by atoms with Crippen LogP contribution in [0.5, 0.6) is 0 Å². The van der Waals surface area contributed by atoms with Crippen LogP contribution in [0.4, 0.5) is 5.69 Å². The number of carbonyl (C=O) groups excluding carboxylic acids is 1. The van der Waals surface area contributed by atoms with E-state index in [4.69, 9.17) is 11.6 Å². The van der Waals surface area contributed by atoms with E-state index in [-0.39, 0.29) is 39.5 Å². The van der Waals surface area contributed by atoms with Gasteiger partial charge in [0.05, 0.1) is 16.4 Å². The normalized spacial score (nSPS) is 14.4. The van der Waals surface area contributed by atoms with E-state index in [0.717, 1.165) is 17.4 Å². The van der Waals surface area contributed by atoms with Crippen molar-refractivity contribution in [1.82, 2.24) is 19.2 Å². The standard InChI is InChI=1S/C24H28ClN5O4S.ClH/c1-17-22(24(32)30(27(17)3)19-8-6-5-7-9-19)28(4)35(33,34)21-16-18(10-11-20(21)25)23(31)29-14-12-26(2)13-15-29;/h5-11,16H,12-15H2,1-4H3;1H. The van der Waals surface area contributed by atoms with Crippen molar-refractivity contribution in [2.75, 3.05) is 44.6 Å². The summed E-state index contributed by atoms with van der Waals surface area (Å²) >= 11 is 6.31. The second-order valence-corrected chi connectivity index (χ2v) is 11.0. The van der Waals surface area contributed by atoms with E-state index in [1.807, 2.05) is 13.1 Å². The summed E-state index contributed by atoms with van der Waals surface area (Å²) in [7, 11) is 0.745. The Kier molecular flexibility index (Phi) is 8.24. The Morgan fingerprint density at radius 1 is 1.00 bits per heavy atom. The van der Waals surface area contributed by atoms with E-state index in [0.29, 0.717) is 24.5 Å². The lowest BCUT2D eigenvalue weighted by molar-refractivity contribution is 0.0664. The second-order valence-electron chi connectivity index (χ2n) is 8.62. The molecule has 1 fully saturated rings. The molecule has 12 heteroatoms. The van der Waals surface area contributed by atoms with E-state index >= 15 is 0 Å². The van der Waals surface area contributed by atoms with Gasteiger partial charge in [-0.1, -0.05) is 29.8 Å². The van der Waals surface area contributed by atoms with Crippen molar-refractivity contribution in [1.29, 1.82) is 0 Å². The van der Waals surface area contributed by atoms with E-state index in [1.54, 1.807) is 47.8 Å². The minimum absolute atomic E-state index is 0. The van der Waals surface area contributed by atoms with Crippen LogP contribution in [-0.4, -0.2) is 73.8 Å². The molecule has 0 unspecified atom stereocenters. The highest BCUT2D eigenvalue weighted by Crippen LogP contribution is 2.29. The molecule has 0 saturated carbocycles. The molecule has 194 valence electrons. The van der Waals surface area contributed by atoms with Gasteiger partial charge in [0, 0.05) is 45.8 Å². The summed E-state index contributed by atoms with van der Waals surface area (Å²) in [6.07, 6.45) is 0. The van der Waals surface area contributed by atoms with Crippen molar-refractivity contribution in [2.24, 2.45) is 7.05 Å². The fourth-order valence-corrected chi connectivity index (χ4v) is 5.96.